The van der Waals surface area contributed by atoms with E-state index in [4.69, 9.17) is 0 Å². The molecule has 0 fully saturated rings. The van der Waals surface area contributed by atoms with Gasteiger partial charge in [0.25, 0.3) is 0 Å². The summed E-state index contributed by atoms with van der Waals surface area (Å²) in [6.45, 7) is 6.55. The minimum Gasteiger partial charge on any atom is -0.376 e. The van der Waals surface area contributed by atoms with Crippen molar-refractivity contribution >= 4 is 17.3 Å². The number of nitrogens with one attached hydrogen (secondary N) is 2. The Morgan fingerprint density at radius 2 is 1.68 bits per heavy atom. The molecule has 0 bridgehead atoms. The van der Waals surface area contributed by atoms with E-state index < -0.39 is 0 Å². The van der Waals surface area contributed by atoms with Crippen LogP contribution in [-0.2, 0) is 10.2 Å². The number of hydrogen-bond acceptors (Lipinski definition) is 2. The average Bonchev–Trinajstić information content (AvgIpc) is 2.47. The molecule has 22 heavy (non-hydrogen) atoms. The molecule has 3 nitrogen and oxygen atoms in total. The van der Waals surface area contributed by atoms with Crippen molar-refractivity contribution in [1.29, 1.82) is 0 Å². The van der Waals surface area contributed by atoms with Gasteiger partial charge in [-0.2, -0.15) is 0 Å². The van der Waals surface area contributed by atoms with Crippen molar-refractivity contribution in [2.24, 2.45) is 0 Å². The van der Waals surface area contributed by atoms with E-state index in [0.29, 0.717) is 5.69 Å². The average molecular weight is 300 g/mol. The standard InChI is InChI=1S/C18H21FN2O/c1-18(2,3)15-6-4-5-7-16(15)20-12-17(22)21-14-10-8-13(19)9-11-14/h4-11,20H,12H2,1-3H3,(H,21,22). The summed E-state index contributed by atoms with van der Waals surface area (Å²) in [5, 5.41) is 5.89. The predicted octanol–water partition coefficient (Wildman–Crippen LogP) is 4.17. The molecule has 0 unspecified atom stereocenters. The Morgan fingerprint density at radius 3 is 2.32 bits per heavy atom. The van der Waals surface area contributed by atoms with Gasteiger partial charge < -0.3 is 10.6 Å². The molecule has 0 aliphatic rings. The fourth-order valence-corrected chi connectivity index (χ4v) is 2.21. The zero-order valence-electron chi connectivity index (χ0n) is 13.1. The number of benzene rings is 2. The molecule has 0 saturated heterocycles. The summed E-state index contributed by atoms with van der Waals surface area (Å²) >= 11 is 0. The van der Waals surface area contributed by atoms with Gasteiger partial charge in [0.2, 0.25) is 5.91 Å². The van der Waals surface area contributed by atoms with Crippen LogP contribution in [-0.4, -0.2) is 12.5 Å². The lowest BCUT2D eigenvalue weighted by atomic mass is 9.86. The fraction of sp³-hybridized carbons (Fsp3) is 0.278. The molecule has 0 heterocycles. The highest BCUT2D eigenvalue weighted by atomic mass is 19.1. The molecule has 2 aromatic carbocycles. The Balaban J connectivity index is 1.98. The number of amides is 1. The Labute approximate surface area is 130 Å². The van der Waals surface area contributed by atoms with Crippen LogP contribution in [0.3, 0.4) is 0 Å². The molecule has 2 rings (SSSR count). The van der Waals surface area contributed by atoms with E-state index in [1.807, 2.05) is 18.2 Å². The lowest BCUT2D eigenvalue weighted by Gasteiger charge is -2.23. The Kier molecular flexibility index (Phi) is 4.81. The summed E-state index contributed by atoms with van der Waals surface area (Å²) in [6, 6.07) is 13.7. The highest BCUT2D eigenvalue weighted by molar-refractivity contribution is 5.93. The number of halogens is 1. The maximum atomic E-state index is 12.8. The van der Waals surface area contributed by atoms with E-state index in [9.17, 15) is 9.18 Å². The molecule has 4 heteroatoms. The van der Waals surface area contributed by atoms with E-state index in [0.717, 1.165) is 11.3 Å². The molecular formula is C18H21FN2O. The predicted molar refractivity (Wildman–Crippen MR) is 88.7 cm³/mol. The number of carbonyl (C=O) groups is 1. The van der Waals surface area contributed by atoms with Crippen LogP contribution >= 0.6 is 0 Å². The largest absolute Gasteiger partial charge is 0.376 e. The van der Waals surface area contributed by atoms with Crippen LogP contribution in [0.4, 0.5) is 15.8 Å². The minimum absolute atomic E-state index is 0.00295. The lowest BCUT2D eigenvalue weighted by Crippen LogP contribution is -2.23. The number of carbonyl (C=O) groups excluding carboxylic acids is 1. The third-order valence-electron chi connectivity index (χ3n) is 3.30. The molecule has 0 radical (unpaired) electrons. The van der Waals surface area contributed by atoms with Crippen LogP contribution in [0.5, 0.6) is 0 Å². The summed E-state index contributed by atoms with van der Waals surface area (Å²) in [6.07, 6.45) is 0. The second-order valence-electron chi connectivity index (χ2n) is 6.20. The smallest absolute Gasteiger partial charge is 0.243 e. The first kappa shape index (κ1) is 16.0. The van der Waals surface area contributed by atoms with Crippen molar-refractivity contribution in [3.63, 3.8) is 0 Å². The van der Waals surface area contributed by atoms with Crippen LogP contribution in [0, 0.1) is 5.82 Å². The van der Waals surface area contributed by atoms with Gasteiger partial charge in [-0.15, -0.1) is 0 Å². The zero-order valence-corrected chi connectivity index (χ0v) is 13.1. The van der Waals surface area contributed by atoms with Gasteiger partial charge in [0.15, 0.2) is 0 Å². The molecule has 0 aliphatic carbocycles. The highest BCUT2D eigenvalue weighted by Crippen LogP contribution is 2.29. The third-order valence-corrected chi connectivity index (χ3v) is 3.30. The Bertz CT molecular complexity index is 645. The van der Waals surface area contributed by atoms with E-state index in [1.165, 1.54) is 24.3 Å². The van der Waals surface area contributed by atoms with Crippen molar-refractivity contribution in [3.8, 4) is 0 Å². The van der Waals surface area contributed by atoms with E-state index in [2.05, 4.69) is 37.5 Å². The van der Waals surface area contributed by atoms with Gasteiger partial charge in [0, 0.05) is 11.4 Å². The SMILES string of the molecule is CC(C)(C)c1ccccc1NCC(=O)Nc1ccc(F)cc1. The van der Waals surface area contributed by atoms with Crippen LogP contribution in [0.1, 0.15) is 26.3 Å². The molecule has 2 N–H and O–H groups in total. The fourth-order valence-electron chi connectivity index (χ4n) is 2.21. The molecule has 0 saturated carbocycles. The highest BCUT2D eigenvalue weighted by Gasteiger charge is 2.17. The molecule has 0 spiro atoms. The Hall–Kier alpha value is -2.36. The van der Waals surface area contributed by atoms with Crippen molar-refractivity contribution in [3.05, 3.63) is 59.9 Å². The van der Waals surface area contributed by atoms with Gasteiger partial charge in [-0.1, -0.05) is 39.0 Å². The molecule has 0 aromatic heterocycles. The maximum Gasteiger partial charge on any atom is 0.243 e. The monoisotopic (exact) mass is 300 g/mol. The van der Waals surface area contributed by atoms with Crippen LogP contribution in [0.25, 0.3) is 0 Å². The van der Waals surface area contributed by atoms with E-state index in [-0.39, 0.29) is 23.7 Å². The van der Waals surface area contributed by atoms with Crippen molar-refractivity contribution in [2.75, 3.05) is 17.2 Å². The second-order valence-corrected chi connectivity index (χ2v) is 6.20. The topological polar surface area (TPSA) is 41.1 Å². The Morgan fingerprint density at radius 1 is 1.05 bits per heavy atom. The summed E-state index contributed by atoms with van der Waals surface area (Å²) in [5.74, 6) is -0.495. The number of rotatable bonds is 4. The van der Waals surface area contributed by atoms with Crippen LogP contribution in [0.15, 0.2) is 48.5 Å². The quantitative estimate of drug-likeness (QED) is 0.889. The van der Waals surface area contributed by atoms with Crippen LogP contribution < -0.4 is 10.6 Å². The summed E-state index contributed by atoms with van der Waals surface area (Å²) in [5.41, 5.74) is 2.68. The summed E-state index contributed by atoms with van der Waals surface area (Å²) in [4.78, 5) is 12.0. The first-order valence-electron chi connectivity index (χ1n) is 7.25. The lowest BCUT2D eigenvalue weighted by molar-refractivity contribution is -0.114. The molecule has 116 valence electrons. The first-order chi connectivity index (χ1) is 10.4. The molecule has 0 atom stereocenters. The molecule has 1 amide bonds. The number of anilines is 2. The van der Waals surface area contributed by atoms with Gasteiger partial charge in [-0.3, -0.25) is 4.79 Å². The van der Waals surface area contributed by atoms with Crippen molar-refractivity contribution in [2.45, 2.75) is 26.2 Å². The van der Waals surface area contributed by atoms with Gasteiger partial charge in [0.05, 0.1) is 6.54 Å². The molecular weight excluding hydrogens is 279 g/mol. The van der Waals surface area contributed by atoms with E-state index >= 15 is 0 Å². The number of hydrogen-bond donors (Lipinski definition) is 2. The third kappa shape index (κ3) is 4.32. The second kappa shape index (κ2) is 6.60. The summed E-state index contributed by atoms with van der Waals surface area (Å²) in [7, 11) is 0. The first-order valence-corrected chi connectivity index (χ1v) is 7.25. The normalized spacial score (nSPS) is 11.1. The van der Waals surface area contributed by atoms with Gasteiger partial charge >= 0.3 is 0 Å². The van der Waals surface area contributed by atoms with Crippen LogP contribution in [0.2, 0.25) is 0 Å². The van der Waals surface area contributed by atoms with E-state index in [1.54, 1.807) is 0 Å². The van der Waals surface area contributed by atoms with Crippen molar-refractivity contribution in [1.82, 2.24) is 0 Å². The maximum absolute atomic E-state index is 12.8. The number of para-hydroxylation sites is 1. The minimum atomic E-state index is -0.324. The molecule has 2 aromatic rings. The zero-order chi connectivity index (χ0) is 16.2. The summed E-state index contributed by atoms with van der Waals surface area (Å²) < 4.78 is 12.8. The van der Waals surface area contributed by atoms with Gasteiger partial charge in [0.1, 0.15) is 5.82 Å². The van der Waals surface area contributed by atoms with Gasteiger partial charge in [-0.05, 0) is 41.3 Å². The van der Waals surface area contributed by atoms with Gasteiger partial charge in [-0.25, -0.2) is 4.39 Å². The molecule has 0 aliphatic heterocycles. The van der Waals surface area contributed by atoms with Crippen molar-refractivity contribution < 1.29 is 9.18 Å².